The lowest BCUT2D eigenvalue weighted by Gasteiger charge is -2.34. The van der Waals surface area contributed by atoms with Crippen molar-refractivity contribution in [2.24, 2.45) is 0 Å². The third-order valence-electron chi connectivity index (χ3n) is 6.22. The number of hydrogen-bond acceptors (Lipinski definition) is 3. The first-order chi connectivity index (χ1) is 15.3. The van der Waals surface area contributed by atoms with Crippen LogP contribution in [0.4, 0.5) is 4.39 Å². The van der Waals surface area contributed by atoms with Crippen molar-refractivity contribution in [3.05, 3.63) is 88.5 Å². The summed E-state index contributed by atoms with van der Waals surface area (Å²) in [6.45, 7) is 8.68. The van der Waals surface area contributed by atoms with E-state index in [2.05, 4.69) is 4.90 Å². The van der Waals surface area contributed by atoms with E-state index in [4.69, 9.17) is 0 Å². The molecule has 1 aliphatic heterocycles. The third kappa shape index (κ3) is 4.36. The van der Waals surface area contributed by atoms with Gasteiger partial charge in [0.1, 0.15) is 5.82 Å². The molecule has 5 nitrogen and oxygen atoms in total. The fourth-order valence-electron chi connectivity index (χ4n) is 4.41. The molecule has 3 aromatic rings. The summed E-state index contributed by atoms with van der Waals surface area (Å²) in [6.07, 6.45) is 0. The molecule has 0 atom stereocenters. The van der Waals surface area contributed by atoms with Gasteiger partial charge in [0, 0.05) is 54.4 Å². The second kappa shape index (κ2) is 9.09. The number of Topliss-reactive ketones (excluding diaryl/α,β-unsaturated/α-hetero) is 1. The third-order valence-corrected chi connectivity index (χ3v) is 6.22. The molecule has 6 heteroatoms. The van der Waals surface area contributed by atoms with E-state index in [0.717, 1.165) is 28.2 Å². The average Bonchev–Trinajstić information content (AvgIpc) is 3.09. The number of halogens is 1. The predicted octanol–water partition coefficient (Wildman–Crippen LogP) is 4.18. The number of carbonyl (C=O) groups is 2. The van der Waals surface area contributed by atoms with Gasteiger partial charge in [-0.25, -0.2) is 4.39 Å². The summed E-state index contributed by atoms with van der Waals surface area (Å²) < 4.78 is 15.3. The maximum Gasteiger partial charge on any atom is 0.254 e. The molecule has 0 spiro atoms. The van der Waals surface area contributed by atoms with E-state index in [1.807, 2.05) is 60.6 Å². The summed E-state index contributed by atoms with van der Waals surface area (Å²) in [5.41, 5.74) is 5.03. The highest BCUT2D eigenvalue weighted by Crippen LogP contribution is 2.22. The van der Waals surface area contributed by atoms with Gasteiger partial charge in [0.2, 0.25) is 0 Å². The smallest absolute Gasteiger partial charge is 0.254 e. The minimum Gasteiger partial charge on any atom is -0.336 e. The normalized spacial score (nSPS) is 14.6. The Morgan fingerprint density at radius 2 is 1.53 bits per heavy atom. The molecule has 2 aromatic carbocycles. The van der Waals surface area contributed by atoms with Crippen molar-refractivity contribution in [1.82, 2.24) is 14.4 Å². The summed E-state index contributed by atoms with van der Waals surface area (Å²) in [4.78, 5) is 29.9. The average molecular weight is 434 g/mol. The highest BCUT2D eigenvalue weighted by molar-refractivity contribution is 5.99. The maximum absolute atomic E-state index is 13.3. The molecule has 1 aliphatic rings. The highest BCUT2D eigenvalue weighted by Gasteiger charge is 2.25. The number of aromatic nitrogens is 1. The number of benzene rings is 2. The Kier molecular flexibility index (Phi) is 6.24. The second-order valence-corrected chi connectivity index (χ2v) is 8.40. The summed E-state index contributed by atoms with van der Waals surface area (Å²) in [6, 6.07) is 15.8. The van der Waals surface area contributed by atoms with Gasteiger partial charge in [-0.05, 0) is 62.7 Å². The largest absolute Gasteiger partial charge is 0.336 e. The van der Waals surface area contributed by atoms with Crippen LogP contribution in [0, 0.1) is 26.6 Å². The Morgan fingerprint density at radius 3 is 2.19 bits per heavy atom. The number of piperazine rings is 1. The van der Waals surface area contributed by atoms with Crippen molar-refractivity contribution in [3.8, 4) is 5.69 Å². The van der Waals surface area contributed by atoms with Crippen LogP contribution in [0.5, 0.6) is 0 Å². The molecule has 32 heavy (non-hydrogen) atoms. The Balaban J connectivity index is 1.40. The lowest BCUT2D eigenvalue weighted by atomic mass is 10.1. The molecule has 166 valence electrons. The van der Waals surface area contributed by atoms with E-state index in [9.17, 15) is 14.0 Å². The first-order valence-electron chi connectivity index (χ1n) is 10.9. The molecule has 0 bridgehead atoms. The topological polar surface area (TPSA) is 45.6 Å². The van der Waals surface area contributed by atoms with Crippen LogP contribution in [0.15, 0.2) is 54.6 Å². The van der Waals surface area contributed by atoms with E-state index in [-0.39, 0.29) is 17.5 Å². The molecule has 0 unspecified atom stereocenters. The van der Waals surface area contributed by atoms with Crippen molar-refractivity contribution in [3.63, 3.8) is 0 Å². The highest BCUT2D eigenvalue weighted by atomic mass is 19.1. The van der Waals surface area contributed by atoms with Gasteiger partial charge in [-0.15, -0.1) is 0 Å². The Hall–Kier alpha value is -3.25. The molecule has 1 amide bonds. The lowest BCUT2D eigenvalue weighted by Crippen LogP contribution is -2.50. The van der Waals surface area contributed by atoms with Crippen LogP contribution in [0.1, 0.15) is 37.7 Å². The minimum atomic E-state index is -0.285. The van der Waals surface area contributed by atoms with Crippen LogP contribution in [0.25, 0.3) is 5.69 Å². The molecule has 0 N–H and O–H groups in total. The van der Waals surface area contributed by atoms with Crippen LogP contribution in [0.3, 0.4) is 0 Å². The Labute approximate surface area is 188 Å². The van der Waals surface area contributed by atoms with E-state index >= 15 is 0 Å². The van der Waals surface area contributed by atoms with Crippen molar-refractivity contribution in [2.45, 2.75) is 20.8 Å². The second-order valence-electron chi connectivity index (χ2n) is 8.40. The van der Waals surface area contributed by atoms with Crippen molar-refractivity contribution >= 4 is 11.7 Å². The first kappa shape index (κ1) is 22.0. The summed E-state index contributed by atoms with van der Waals surface area (Å²) in [7, 11) is 0. The van der Waals surface area contributed by atoms with Crippen molar-refractivity contribution in [2.75, 3.05) is 32.7 Å². The predicted molar refractivity (Wildman–Crippen MR) is 123 cm³/mol. The van der Waals surface area contributed by atoms with Crippen LogP contribution in [-0.2, 0) is 0 Å². The molecule has 1 aromatic heterocycles. The zero-order chi connectivity index (χ0) is 22.8. The fraction of sp³-hybridized carbons (Fsp3) is 0.308. The number of aryl methyl sites for hydroxylation is 2. The molecule has 4 rings (SSSR count). The fourth-order valence-corrected chi connectivity index (χ4v) is 4.41. The maximum atomic E-state index is 13.3. The number of ketones is 1. The van der Waals surface area contributed by atoms with Gasteiger partial charge in [-0.1, -0.05) is 18.2 Å². The number of carbonyl (C=O) groups excluding carboxylic acids is 2. The van der Waals surface area contributed by atoms with Crippen LogP contribution >= 0.6 is 0 Å². The SMILES string of the molecule is Cc1ccccc1C(=O)N1CCN(CC(=O)c2cc(C)n(-c3ccc(F)cc3)c2C)CC1. The van der Waals surface area contributed by atoms with Gasteiger partial charge in [-0.2, -0.15) is 0 Å². The van der Waals surface area contributed by atoms with Gasteiger partial charge in [0.05, 0.1) is 6.54 Å². The van der Waals surface area contributed by atoms with E-state index in [0.29, 0.717) is 38.3 Å². The Bertz CT molecular complexity index is 1140. The zero-order valence-corrected chi connectivity index (χ0v) is 18.8. The standard InChI is InChI=1S/C26H28FN3O2/c1-18-6-4-5-7-23(18)26(32)29-14-12-28(13-15-29)17-25(31)24-16-19(2)30(20(24)3)22-10-8-21(27)9-11-22/h4-11,16H,12-15,17H2,1-3H3. The molecule has 2 heterocycles. The monoisotopic (exact) mass is 433 g/mol. The number of rotatable bonds is 5. The summed E-state index contributed by atoms with van der Waals surface area (Å²) in [5.74, 6) is -0.172. The first-order valence-corrected chi connectivity index (χ1v) is 10.9. The number of amides is 1. The van der Waals surface area contributed by atoms with Gasteiger partial charge < -0.3 is 9.47 Å². The summed E-state index contributed by atoms with van der Waals surface area (Å²) in [5, 5.41) is 0. The Morgan fingerprint density at radius 1 is 0.875 bits per heavy atom. The van der Waals surface area contributed by atoms with Gasteiger partial charge in [-0.3, -0.25) is 14.5 Å². The zero-order valence-electron chi connectivity index (χ0n) is 18.8. The van der Waals surface area contributed by atoms with E-state index < -0.39 is 0 Å². The van der Waals surface area contributed by atoms with E-state index in [1.165, 1.54) is 12.1 Å². The number of hydrogen-bond donors (Lipinski definition) is 0. The lowest BCUT2D eigenvalue weighted by molar-refractivity contribution is 0.0623. The van der Waals surface area contributed by atoms with Crippen LogP contribution in [0.2, 0.25) is 0 Å². The quantitative estimate of drug-likeness (QED) is 0.567. The van der Waals surface area contributed by atoms with Crippen molar-refractivity contribution < 1.29 is 14.0 Å². The van der Waals surface area contributed by atoms with E-state index in [1.54, 1.807) is 12.1 Å². The molecule has 0 radical (unpaired) electrons. The van der Waals surface area contributed by atoms with Gasteiger partial charge >= 0.3 is 0 Å². The molecular weight excluding hydrogens is 405 g/mol. The molecular formula is C26H28FN3O2. The van der Waals surface area contributed by atoms with Crippen molar-refractivity contribution in [1.29, 1.82) is 0 Å². The molecule has 0 saturated carbocycles. The van der Waals surface area contributed by atoms with Gasteiger partial charge in [0.15, 0.2) is 5.78 Å². The number of nitrogens with zero attached hydrogens (tertiary/aromatic N) is 3. The van der Waals surface area contributed by atoms with Gasteiger partial charge in [0.25, 0.3) is 5.91 Å². The summed E-state index contributed by atoms with van der Waals surface area (Å²) >= 11 is 0. The molecule has 1 fully saturated rings. The van der Waals surface area contributed by atoms with Crippen LogP contribution in [-0.4, -0.2) is 58.8 Å². The molecule has 0 aliphatic carbocycles. The molecule has 1 saturated heterocycles. The van der Waals surface area contributed by atoms with Crippen LogP contribution < -0.4 is 0 Å². The minimum absolute atomic E-state index is 0.0527.